The van der Waals surface area contributed by atoms with E-state index in [-0.39, 0.29) is 0 Å². The van der Waals surface area contributed by atoms with E-state index < -0.39 is 0 Å². The van der Waals surface area contributed by atoms with Crippen LogP contribution in [0, 0.1) is 0 Å². The smallest absolute Gasteiger partial charge is 0.119 e. The molecule has 0 spiro atoms. The van der Waals surface area contributed by atoms with Crippen molar-refractivity contribution in [2.75, 3.05) is 52.5 Å². The van der Waals surface area contributed by atoms with Gasteiger partial charge in [-0.15, -0.1) is 0 Å². The molecule has 4 nitrogen and oxygen atoms in total. The van der Waals surface area contributed by atoms with Crippen molar-refractivity contribution < 1.29 is 9.47 Å². The summed E-state index contributed by atoms with van der Waals surface area (Å²) < 4.78 is 11.2. The number of hydrogen-bond donors (Lipinski definition) is 0. The first-order chi connectivity index (χ1) is 10.4. The maximum Gasteiger partial charge on any atom is 0.119 e. The lowest BCUT2D eigenvalue weighted by Crippen LogP contribution is -2.49. The van der Waals surface area contributed by atoms with Crippen LogP contribution in [0.5, 0.6) is 5.75 Å². The standard InChI is InChI=1S/C17H26N2O2/c1-2-4-17(5-3-1)21-15-10-18-8-6-16(7-9-18)19-11-13-20-14-12-19/h1-5,16H,6-15H2. The minimum Gasteiger partial charge on any atom is -0.492 e. The predicted octanol–water partition coefficient (Wildman–Crippen LogP) is 1.86. The largest absolute Gasteiger partial charge is 0.492 e. The van der Waals surface area contributed by atoms with Gasteiger partial charge in [-0.25, -0.2) is 0 Å². The Morgan fingerprint density at radius 2 is 1.71 bits per heavy atom. The zero-order valence-corrected chi connectivity index (χ0v) is 12.7. The molecule has 2 fully saturated rings. The predicted molar refractivity (Wildman–Crippen MR) is 83.8 cm³/mol. The summed E-state index contributed by atoms with van der Waals surface area (Å²) in [4.78, 5) is 5.14. The van der Waals surface area contributed by atoms with Crippen molar-refractivity contribution in [1.29, 1.82) is 0 Å². The molecular formula is C17H26N2O2. The summed E-state index contributed by atoms with van der Waals surface area (Å²) in [7, 11) is 0. The zero-order chi connectivity index (χ0) is 14.3. The second-order valence-corrected chi connectivity index (χ2v) is 5.88. The van der Waals surface area contributed by atoms with Gasteiger partial charge in [0.25, 0.3) is 0 Å². The highest BCUT2D eigenvalue weighted by Gasteiger charge is 2.25. The molecule has 4 heteroatoms. The van der Waals surface area contributed by atoms with E-state index in [1.54, 1.807) is 0 Å². The number of rotatable bonds is 5. The van der Waals surface area contributed by atoms with E-state index in [0.29, 0.717) is 0 Å². The van der Waals surface area contributed by atoms with Gasteiger partial charge < -0.3 is 9.47 Å². The molecule has 0 aromatic heterocycles. The van der Waals surface area contributed by atoms with Crippen molar-refractivity contribution >= 4 is 0 Å². The number of benzene rings is 1. The van der Waals surface area contributed by atoms with E-state index in [4.69, 9.17) is 9.47 Å². The normalized spacial score (nSPS) is 22.3. The molecule has 1 aromatic rings. The van der Waals surface area contributed by atoms with E-state index in [2.05, 4.69) is 9.80 Å². The summed E-state index contributed by atoms with van der Waals surface area (Å²) in [6.45, 7) is 8.25. The van der Waals surface area contributed by atoms with Crippen molar-refractivity contribution in [3.05, 3.63) is 30.3 Å². The van der Waals surface area contributed by atoms with Gasteiger partial charge in [0.15, 0.2) is 0 Å². The molecule has 0 aliphatic carbocycles. The fourth-order valence-electron chi connectivity index (χ4n) is 3.26. The Morgan fingerprint density at radius 3 is 2.43 bits per heavy atom. The fraction of sp³-hybridized carbons (Fsp3) is 0.647. The van der Waals surface area contributed by atoms with Gasteiger partial charge in [-0.05, 0) is 38.1 Å². The average Bonchev–Trinajstić information content (AvgIpc) is 2.57. The lowest BCUT2D eigenvalue weighted by molar-refractivity contribution is 0.0000705. The van der Waals surface area contributed by atoms with Crippen molar-refractivity contribution in [1.82, 2.24) is 9.80 Å². The number of morpholine rings is 1. The first-order valence-electron chi connectivity index (χ1n) is 8.14. The summed E-state index contributed by atoms with van der Waals surface area (Å²) >= 11 is 0. The van der Waals surface area contributed by atoms with Crippen molar-refractivity contribution in [3.63, 3.8) is 0 Å². The molecule has 3 rings (SSSR count). The number of likely N-dealkylation sites (tertiary alicyclic amines) is 1. The third-order valence-electron chi connectivity index (χ3n) is 4.54. The van der Waals surface area contributed by atoms with Gasteiger partial charge >= 0.3 is 0 Å². The minimum absolute atomic E-state index is 0.764. The third kappa shape index (κ3) is 4.43. The third-order valence-corrected chi connectivity index (χ3v) is 4.54. The Kier molecular flexibility index (Phi) is 5.49. The van der Waals surface area contributed by atoms with Crippen LogP contribution < -0.4 is 4.74 Å². The topological polar surface area (TPSA) is 24.9 Å². The molecule has 2 heterocycles. The highest BCUT2D eigenvalue weighted by molar-refractivity contribution is 5.20. The average molecular weight is 290 g/mol. The molecule has 0 unspecified atom stereocenters. The molecule has 0 atom stereocenters. The van der Waals surface area contributed by atoms with Gasteiger partial charge in [-0.1, -0.05) is 18.2 Å². The Balaban J connectivity index is 1.34. The summed E-state index contributed by atoms with van der Waals surface area (Å²) in [5.41, 5.74) is 0. The second kappa shape index (κ2) is 7.78. The second-order valence-electron chi connectivity index (χ2n) is 5.88. The molecular weight excluding hydrogens is 264 g/mol. The van der Waals surface area contributed by atoms with E-state index in [1.807, 2.05) is 30.3 Å². The maximum absolute atomic E-state index is 5.78. The van der Waals surface area contributed by atoms with Crippen LogP contribution in [-0.2, 0) is 4.74 Å². The van der Waals surface area contributed by atoms with Crippen LogP contribution in [0.1, 0.15) is 12.8 Å². The van der Waals surface area contributed by atoms with Crippen LogP contribution in [0.3, 0.4) is 0 Å². The summed E-state index contributed by atoms with van der Waals surface area (Å²) in [6.07, 6.45) is 2.57. The monoisotopic (exact) mass is 290 g/mol. The van der Waals surface area contributed by atoms with E-state index in [9.17, 15) is 0 Å². The van der Waals surface area contributed by atoms with Gasteiger partial charge in [0.05, 0.1) is 13.2 Å². The maximum atomic E-state index is 5.78. The highest BCUT2D eigenvalue weighted by atomic mass is 16.5. The quantitative estimate of drug-likeness (QED) is 0.826. The molecule has 0 radical (unpaired) electrons. The number of hydrogen-bond acceptors (Lipinski definition) is 4. The number of para-hydroxylation sites is 1. The summed E-state index contributed by atoms with van der Waals surface area (Å²) in [5, 5.41) is 0. The van der Waals surface area contributed by atoms with Gasteiger partial charge in [0.2, 0.25) is 0 Å². The highest BCUT2D eigenvalue weighted by Crippen LogP contribution is 2.17. The molecule has 2 aliphatic rings. The first kappa shape index (κ1) is 14.8. The van der Waals surface area contributed by atoms with Gasteiger partial charge in [-0.3, -0.25) is 9.80 Å². The van der Waals surface area contributed by atoms with Crippen molar-refractivity contribution in [2.45, 2.75) is 18.9 Å². The Labute approximate surface area is 127 Å². The van der Waals surface area contributed by atoms with Crippen LogP contribution in [-0.4, -0.2) is 68.4 Å². The zero-order valence-electron chi connectivity index (χ0n) is 12.7. The molecule has 116 valence electrons. The number of nitrogens with zero attached hydrogens (tertiary/aromatic N) is 2. The van der Waals surface area contributed by atoms with Crippen molar-refractivity contribution in [3.8, 4) is 5.75 Å². The van der Waals surface area contributed by atoms with Crippen molar-refractivity contribution in [2.24, 2.45) is 0 Å². The lowest BCUT2D eigenvalue weighted by atomic mass is 10.0. The van der Waals surface area contributed by atoms with Crippen LogP contribution >= 0.6 is 0 Å². The Bertz CT molecular complexity index is 399. The van der Waals surface area contributed by atoms with E-state index in [1.165, 1.54) is 25.9 Å². The van der Waals surface area contributed by atoms with Gasteiger partial charge in [-0.2, -0.15) is 0 Å². The number of piperidine rings is 1. The molecule has 1 aromatic carbocycles. The molecule has 0 amide bonds. The molecule has 0 N–H and O–H groups in total. The Hall–Kier alpha value is -1.10. The van der Waals surface area contributed by atoms with Gasteiger partial charge in [0.1, 0.15) is 12.4 Å². The van der Waals surface area contributed by atoms with Crippen LogP contribution in [0.4, 0.5) is 0 Å². The summed E-state index contributed by atoms with van der Waals surface area (Å²) in [6, 6.07) is 10.9. The number of ether oxygens (including phenoxy) is 2. The van der Waals surface area contributed by atoms with E-state index >= 15 is 0 Å². The SMILES string of the molecule is c1ccc(OCCN2CCC(N3CCOCC3)CC2)cc1. The van der Waals surface area contributed by atoms with Crippen LogP contribution in [0.25, 0.3) is 0 Å². The van der Waals surface area contributed by atoms with Crippen LogP contribution in [0.2, 0.25) is 0 Å². The van der Waals surface area contributed by atoms with Crippen LogP contribution in [0.15, 0.2) is 30.3 Å². The van der Waals surface area contributed by atoms with E-state index in [0.717, 1.165) is 51.2 Å². The summed E-state index contributed by atoms with van der Waals surface area (Å²) in [5.74, 6) is 0.973. The molecule has 2 aliphatic heterocycles. The molecule has 2 saturated heterocycles. The first-order valence-corrected chi connectivity index (χ1v) is 8.14. The lowest BCUT2D eigenvalue weighted by Gasteiger charge is -2.40. The fourth-order valence-corrected chi connectivity index (χ4v) is 3.26. The molecule has 21 heavy (non-hydrogen) atoms. The van der Waals surface area contributed by atoms with Gasteiger partial charge in [0, 0.05) is 25.7 Å². The Morgan fingerprint density at radius 1 is 1.00 bits per heavy atom. The molecule has 0 bridgehead atoms. The molecule has 0 saturated carbocycles. The minimum atomic E-state index is 0.764.